The smallest absolute Gasteiger partial charge is 0.243 e. The van der Waals surface area contributed by atoms with Crippen molar-refractivity contribution in [3.63, 3.8) is 0 Å². The molecule has 1 aliphatic rings. The fraction of sp³-hybridized carbons (Fsp3) is 0.588. The van der Waals surface area contributed by atoms with Crippen LogP contribution in [-0.2, 0) is 10.3 Å². The Morgan fingerprint density at radius 2 is 2.05 bits per heavy atom. The molecule has 1 fully saturated rings. The first-order chi connectivity index (χ1) is 10.1. The van der Waals surface area contributed by atoms with Crippen molar-refractivity contribution < 1.29 is 4.79 Å². The second-order valence-corrected chi connectivity index (χ2v) is 6.15. The Bertz CT molecular complexity index is 458. The second kappa shape index (κ2) is 7.05. The van der Waals surface area contributed by atoms with Crippen LogP contribution in [0.1, 0.15) is 38.2 Å². The van der Waals surface area contributed by atoms with Crippen LogP contribution in [0.25, 0.3) is 0 Å². The largest absolute Gasteiger partial charge is 0.368 e. The number of likely N-dealkylation sites (N-methyl/N-ethyl adjacent to an activating group) is 1. The molecular weight excluding hydrogens is 262 g/mol. The fourth-order valence-electron chi connectivity index (χ4n) is 2.72. The summed E-state index contributed by atoms with van der Waals surface area (Å²) in [4.78, 5) is 14.5. The molecule has 1 aromatic carbocycles. The molecule has 1 aromatic rings. The number of carbonyl (C=O) groups excluding carboxylic acids is 1. The maximum absolute atomic E-state index is 12.3. The standard InChI is InChI=1S/C17H27N3O/c1-3-4-12-20(2)13-17(16(18)21,19-15-10-11-15)14-8-6-5-7-9-14/h5-9,15,19H,3-4,10-13H2,1-2H3,(H2,18,21). The summed E-state index contributed by atoms with van der Waals surface area (Å²) in [6, 6.07) is 10.3. The molecule has 0 aliphatic heterocycles. The summed E-state index contributed by atoms with van der Waals surface area (Å²) in [6.07, 6.45) is 4.53. The average Bonchev–Trinajstić information content (AvgIpc) is 3.29. The summed E-state index contributed by atoms with van der Waals surface area (Å²) in [5, 5.41) is 3.51. The molecule has 4 nitrogen and oxygen atoms in total. The van der Waals surface area contributed by atoms with Crippen LogP contribution in [0.4, 0.5) is 0 Å². The van der Waals surface area contributed by atoms with E-state index in [0.717, 1.165) is 37.8 Å². The van der Waals surface area contributed by atoms with Gasteiger partial charge in [0.15, 0.2) is 0 Å². The molecule has 4 heteroatoms. The summed E-state index contributed by atoms with van der Waals surface area (Å²) < 4.78 is 0. The molecule has 1 aliphatic carbocycles. The van der Waals surface area contributed by atoms with Gasteiger partial charge in [0.1, 0.15) is 5.54 Å². The lowest BCUT2D eigenvalue weighted by Crippen LogP contribution is -2.59. The predicted octanol–water partition coefficient (Wildman–Crippen LogP) is 1.85. The first-order valence-corrected chi connectivity index (χ1v) is 7.90. The van der Waals surface area contributed by atoms with Gasteiger partial charge in [-0.25, -0.2) is 0 Å². The van der Waals surface area contributed by atoms with Crippen LogP contribution in [0.15, 0.2) is 30.3 Å². The number of rotatable bonds is 9. The number of hydrogen-bond acceptors (Lipinski definition) is 3. The Morgan fingerprint density at radius 3 is 2.57 bits per heavy atom. The third-order valence-electron chi connectivity index (χ3n) is 4.12. The van der Waals surface area contributed by atoms with Crippen molar-refractivity contribution in [2.24, 2.45) is 5.73 Å². The van der Waals surface area contributed by atoms with E-state index in [0.29, 0.717) is 12.6 Å². The van der Waals surface area contributed by atoms with Crippen LogP contribution < -0.4 is 11.1 Å². The Labute approximate surface area is 127 Å². The SMILES string of the molecule is CCCCN(C)CC(NC1CC1)(C(N)=O)c1ccccc1. The van der Waals surface area contributed by atoms with E-state index in [9.17, 15) is 4.79 Å². The van der Waals surface area contributed by atoms with Crippen molar-refractivity contribution in [1.29, 1.82) is 0 Å². The third-order valence-corrected chi connectivity index (χ3v) is 4.12. The number of benzene rings is 1. The molecule has 3 N–H and O–H groups in total. The minimum atomic E-state index is -0.787. The molecular formula is C17H27N3O. The van der Waals surface area contributed by atoms with E-state index >= 15 is 0 Å². The fourth-order valence-corrected chi connectivity index (χ4v) is 2.72. The van der Waals surface area contributed by atoms with E-state index in [2.05, 4.69) is 24.2 Å². The second-order valence-electron chi connectivity index (χ2n) is 6.15. The molecule has 0 spiro atoms. The van der Waals surface area contributed by atoms with Crippen LogP contribution in [0.5, 0.6) is 0 Å². The van der Waals surface area contributed by atoms with Gasteiger partial charge in [0.2, 0.25) is 5.91 Å². The maximum Gasteiger partial charge on any atom is 0.243 e. The van der Waals surface area contributed by atoms with E-state index in [4.69, 9.17) is 5.73 Å². The number of nitrogens with one attached hydrogen (secondary N) is 1. The van der Waals surface area contributed by atoms with Gasteiger partial charge in [-0.2, -0.15) is 0 Å². The van der Waals surface area contributed by atoms with Gasteiger partial charge >= 0.3 is 0 Å². The summed E-state index contributed by atoms with van der Waals surface area (Å²) in [5.41, 5.74) is 6.01. The zero-order valence-electron chi connectivity index (χ0n) is 13.1. The van der Waals surface area contributed by atoms with Crippen molar-refractivity contribution in [3.05, 3.63) is 35.9 Å². The van der Waals surface area contributed by atoms with E-state index in [1.54, 1.807) is 0 Å². The molecule has 0 bridgehead atoms. The molecule has 2 rings (SSSR count). The Kier molecular flexibility index (Phi) is 5.37. The highest BCUT2D eigenvalue weighted by atomic mass is 16.1. The molecule has 1 amide bonds. The number of nitrogens with zero attached hydrogens (tertiary/aromatic N) is 1. The Balaban J connectivity index is 2.24. The quantitative estimate of drug-likeness (QED) is 0.729. The highest BCUT2D eigenvalue weighted by Crippen LogP contribution is 2.29. The van der Waals surface area contributed by atoms with E-state index in [1.807, 2.05) is 30.3 Å². The van der Waals surface area contributed by atoms with Crippen LogP contribution in [0.2, 0.25) is 0 Å². The van der Waals surface area contributed by atoms with Gasteiger partial charge < -0.3 is 10.6 Å². The van der Waals surface area contributed by atoms with E-state index in [-0.39, 0.29) is 5.91 Å². The lowest BCUT2D eigenvalue weighted by atomic mass is 9.88. The summed E-state index contributed by atoms with van der Waals surface area (Å²) in [7, 11) is 2.06. The number of carbonyl (C=O) groups is 1. The van der Waals surface area contributed by atoms with Crippen LogP contribution >= 0.6 is 0 Å². The highest BCUT2D eigenvalue weighted by Gasteiger charge is 2.43. The van der Waals surface area contributed by atoms with Crippen LogP contribution in [0, 0.1) is 0 Å². The molecule has 1 saturated carbocycles. The third kappa shape index (κ3) is 4.05. The van der Waals surface area contributed by atoms with Crippen molar-refractivity contribution in [1.82, 2.24) is 10.2 Å². The lowest BCUT2D eigenvalue weighted by Gasteiger charge is -2.36. The monoisotopic (exact) mass is 289 g/mol. The molecule has 1 unspecified atom stereocenters. The Hall–Kier alpha value is -1.39. The van der Waals surface area contributed by atoms with Crippen LogP contribution in [-0.4, -0.2) is 37.0 Å². The van der Waals surface area contributed by atoms with Gasteiger partial charge in [-0.05, 0) is 38.4 Å². The number of nitrogens with two attached hydrogens (primary N) is 1. The molecule has 0 radical (unpaired) electrons. The van der Waals surface area contributed by atoms with E-state index in [1.165, 1.54) is 0 Å². The Morgan fingerprint density at radius 1 is 1.38 bits per heavy atom. The molecule has 0 saturated heterocycles. The molecule has 116 valence electrons. The minimum Gasteiger partial charge on any atom is -0.368 e. The van der Waals surface area contributed by atoms with Crippen molar-refractivity contribution in [3.8, 4) is 0 Å². The molecule has 1 atom stereocenters. The normalized spacial score (nSPS) is 17.7. The highest BCUT2D eigenvalue weighted by molar-refractivity contribution is 5.86. The predicted molar refractivity (Wildman–Crippen MR) is 85.9 cm³/mol. The first-order valence-electron chi connectivity index (χ1n) is 7.90. The van der Waals surface area contributed by atoms with Gasteiger partial charge in [-0.3, -0.25) is 10.1 Å². The first kappa shape index (κ1) is 16.0. The van der Waals surface area contributed by atoms with Crippen molar-refractivity contribution in [2.45, 2.75) is 44.2 Å². The lowest BCUT2D eigenvalue weighted by molar-refractivity contribution is -0.125. The molecule has 21 heavy (non-hydrogen) atoms. The van der Waals surface area contributed by atoms with Crippen molar-refractivity contribution >= 4 is 5.91 Å². The summed E-state index contributed by atoms with van der Waals surface area (Å²) in [6.45, 7) is 3.77. The number of hydrogen-bond donors (Lipinski definition) is 2. The van der Waals surface area contributed by atoms with Crippen molar-refractivity contribution in [2.75, 3.05) is 20.1 Å². The van der Waals surface area contributed by atoms with Crippen LogP contribution in [0.3, 0.4) is 0 Å². The summed E-state index contributed by atoms with van der Waals surface area (Å²) >= 11 is 0. The van der Waals surface area contributed by atoms with Gasteiger partial charge in [0.05, 0.1) is 0 Å². The molecule has 0 aromatic heterocycles. The van der Waals surface area contributed by atoms with Gasteiger partial charge in [-0.1, -0.05) is 43.7 Å². The van der Waals surface area contributed by atoms with Gasteiger partial charge in [0.25, 0.3) is 0 Å². The average molecular weight is 289 g/mol. The van der Waals surface area contributed by atoms with Gasteiger partial charge in [0, 0.05) is 12.6 Å². The topological polar surface area (TPSA) is 58.4 Å². The summed E-state index contributed by atoms with van der Waals surface area (Å²) in [5.74, 6) is -0.288. The number of amides is 1. The zero-order valence-corrected chi connectivity index (χ0v) is 13.1. The number of primary amides is 1. The molecule has 0 heterocycles. The van der Waals surface area contributed by atoms with Gasteiger partial charge in [-0.15, -0.1) is 0 Å². The van der Waals surface area contributed by atoms with E-state index < -0.39 is 5.54 Å². The number of unbranched alkanes of at least 4 members (excludes halogenated alkanes) is 1. The zero-order chi connectivity index (χ0) is 15.3. The maximum atomic E-state index is 12.3. The minimum absolute atomic E-state index is 0.288.